The van der Waals surface area contributed by atoms with Crippen LogP contribution >= 0.6 is 0 Å². The molecule has 23 heavy (non-hydrogen) atoms. The van der Waals surface area contributed by atoms with Gasteiger partial charge in [-0.3, -0.25) is 10.2 Å². The van der Waals surface area contributed by atoms with E-state index in [-0.39, 0.29) is 6.04 Å². The minimum Gasteiger partial charge on any atom is -0.394 e. The van der Waals surface area contributed by atoms with Crippen LogP contribution in [-0.2, 0) is 11.2 Å². The largest absolute Gasteiger partial charge is 0.394 e. The quantitative estimate of drug-likeness (QED) is 0.252. The molecule has 0 saturated heterocycles. The van der Waals surface area contributed by atoms with Gasteiger partial charge in [-0.05, 0) is 18.9 Å². The second-order valence-corrected chi connectivity index (χ2v) is 5.40. The van der Waals surface area contributed by atoms with Crippen LogP contribution in [0.5, 0.6) is 0 Å². The number of carbonyl (C=O) groups excluding carboxylic acids is 1. The Balaban J connectivity index is 2.42. The molecule has 8 heteroatoms. The van der Waals surface area contributed by atoms with E-state index in [0.717, 1.165) is 5.56 Å². The van der Waals surface area contributed by atoms with E-state index in [9.17, 15) is 25.2 Å². The SMILES string of the molecule is C[C@@H](Cc1ccccc1)NNC(=O)[C@H](O)[C@@H](O)[C@H](O)[C@H](O)CO. The van der Waals surface area contributed by atoms with Gasteiger partial charge in [-0.25, -0.2) is 5.43 Å². The van der Waals surface area contributed by atoms with Crippen molar-refractivity contribution in [2.24, 2.45) is 0 Å². The smallest absolute Gasteiger partial charge is 0.265 e. The zero-order valence-electron chi connectivity index (χ0n) is 12.8. The summed E-state index contributed by atoms with van der Waals surface area (Å²) in [5.74, 6) is -0.957. The van der Waals surface area contributed by atoms with Crippen LogP contribution in [0.4, 0.5) is 0 Å². The van der Waals surface area contributed by atoms with Crippen LogP contribution in [0.25, 0.3) is 0 Å². The lowest BCUT2D eigenvalue weighted by molar-refractivity contribution is -0.150. The first-order valence-electron chi connectivity index (χ1n) is 7.29. The Bertz CT molecular complexity index is 472. The molecule has 1 amide bonds. The van der Waals surface area contributed by atoms with Gasteiger partial charge in [0.2, 0.25) is 0 Å². The van der Waals surface area contributed by atoms with Gasteiger partial charge in [0.1, 0.15) is 18.3 Å². The standard InChI is InChI=1S/C15H24N2O6/c1-9(7-10-5-3-2-4-6-10)16-17-15(23)14(22)13(21)12(20)11(19)8-18/h2-6,9,11-14,16,18-22H,7-8H2,1H3,(H,17,23)/t9-,11+,12+,13-,14+/m0/s1. The maximum Gasteiger partial charge on any atom is 0.265 e. The van der Waals surface area contributed by atoms with Gasteiger partial charge in [0.05, 0.1) is 6.61 Å². The van der Waals surface area contributed by atoms with Gasteiger partial charge in [0, 0.05) is 6.04 Å². The predicted octanol–water partition coefficient (Wildman–Crippen LogP) is -2.33. The molecule has 0 fully saturated rings. The van der Waals surface area contributed by atoms with Crippen molar-refractivity contribution in [3.8, 4) is 0 Å². The topological polar surface area (TPSA) is 142 Å². The Morgan fingerprint density at radius 2 is 1.70 bits per heavy atom. The Morgan fingerprint density at radius 1 is 1.09 bits per heavy atom. The molecule has 0 aliphatic rings. The maximum absolute atomic E-state index is 11.7. The van der Waals surface area contributed by atoms with E-state index in [1.54, 1.807) is 0 Å². The molecule has 1 rings (SSSR count). The zero-order chi connectivity index (χ0) is 17.4. The lowest BCUT2D eigenvalue weighted by Crippen LogP contribution is -2.55. The van der Waals surface area contributed by atoms with Crippen molar-refractivity contribution in [2.45, 2.75) is 43.8 Å². The Labute approximate surface area is 134 Å². The highest BCUT2D eigenvalue weighted by Crippen LogP contribution is 2.05. The Kier molecular flexibility index (Phi) is 8.10. The molecule has 0 aliphatic carbocycles. The van der Waals surface area contributed by atoms with Gasteiger partial charge in [0.15, 0.2) is 6.10 Å². The highest BCUT2D eigenvalue weighted by atomic mass is 16.4. The van der Waals surface area contributed by atoms with Gasteiger partial charge in [-0.2, -0.15) is 0 Å². The summed E-state index contributed by atoms with van der Waals surface area (Å²) in [6, 6.07) is 9.42. The first-order chi connectivity index (χ1) is 10.9. The van der Waals surface area contributed by atoms with Gasteiger partial charge in [-0.1, -0.05) is 30.3 Å². The zero-order valence-corrected chi connectivity index (χ0v) is 12.8. The van der Waals surface area contributed by atoms with Crippen molar-refractivity contribution in [2.75, 3.05) is 6.61 Å². The van der Waals surface area contributed by atoms with Crippen LogP contribution in [0, 0.1) is 0 Å². The molecule has 0 aliphatic heterocycles. The maximum atomic E-state index is 11.7. The summed E-state index contributed by atoms with van der Waals surface area (Å²) >= 11 is 0. The van der Waals surface area contributed by atoms with E-state index in [4.69, 9.17) is 5.11 Å². The molecule has 1 aromatic rings. The summed E-state index contributed by atoms with van der Waals surface area (Å²) in [5.41, 5.74) is 5.98. The highest BCUT2D eigenvalue weighted by molar-refractivity contribution is 5.80. The molecule has 7 N–H and O–H groups in total. The predicted molar refractivity (Wildman–Crippen MR) is 82.0 cm³/mol. The molecule has 8 nitrogen and oxygen atoms in total. The number of rotatable bonds is 9. The fourth-order valence-corrected chi connectivity index (χ4v) is 1.96. The first kappa shape index (κ1) is 19.5. The van der Waals surface area contributed by atoms with E-state index in [1.165, 1.54) is 0 Å². The van der Waals surface area contributed by atoms with Crippen LogP contribution in [0.1, 0.15) is 12.5 Å². The number of carbonyl (C=O) groups is 1. The van der Waals surface area contributed by atoms with Gasteiger partial charge < -0.3 is 25.5 Å². The molecule has 0 aromatic heterocycles. The number of hydrogen-bond acceptors (Lipinski definition) is 7. The number of aliphatic hydroxyl groups excluding tert-OH is 5. The summed E-state index contributed by atoms with van der Waals surface area (Å²) in [4.78, 5) is 11.7. The van der Waals surface area contributed by atoms with Crippen molar-refractivity contribution >= 4 is 5.91 Å². The van der Waals surface area contributed by atoms with E-state index in [0.29, 0.717) is 6.42 Å². The third kappa shape index (κ3) is 6.22. The molecular weight excluding hydrogens is 304 g/mol. The van der Waals surface area contributed by atoms with Crippen LogP contribution in [0.2, 0.25) is 0 Å². The molecule has 0 unspecified atom stereocenters. The molecule has 1 aromatic carbocycles. The minimum atomic E-state index is -1.96. The average Bonchev–Trinajstić information content (AvgIpc) is 2.57. The molecule has 0 heterocycles. The fraction of sp³-hybridized carbons (Fsp3) is 0.533. The van der Waals surface area contributed by atoms with Crippen molar-refractivity contribution in [1.29, 1.82) is 0 Å². The molecule has 130 valence electrons. The number of nitrogens with one attached hydrogen (secondary N) is 2. The average molecular weight is 328 g/mol. The summed E-state index contributed by atoms with van der Waals surface area (Å²) < 4.78 is 0. The van der Waals surface area contributed by atoms with Crippen LogP contribution in [0.15, 0.2) is 30.3 Å². The van der Waals surface area contributed by atoms with Crippen molar-refractivity contribution in [1.82, 2.24) is 10.9 Å². The minimum absolute atomic E-state index is 0.140. The lowest BCUT2D eigenvalue weighted by Gasteiger charge is -2.25. The third-order valence-electron chi connectivity index (χ3n) is 3.35. The molecule has 0 saturated carbocycles. The molecule has 0 spiro atoms. The number of benzene rings is 1. The first-order valence-corrected chi connectivity index (χ1v) is 7.29. The summed E-state index contributed by atoms with van der Waals surface area (Å²) in [7, 11) is 0. The van der Waals surface area contributed by atoms with E-state index >= 15 is 0 Å². The van der Waals surface area contributed by atoms with E-state index in [1.807, 2.05) is 37.3 Å². The highest BCUT2D eigenvalue weighted by Gasteiger charge is 2.34. The summed E-state index contributed by atoms with van der Waals surface area (Å²) in [5, 5.41) is 46.6. The molecular formula is C15H24N2O6. The number of hydrogen-bond donors (Lipinski definition) is 7. The second kappa shape index (κ2) is 9.56. The number of amides is 1. The van der Waals surface area contributed by atoms with Crippen LogP contribution < -0.4 is 10.9 Å². The Morgan fingerprint density at radius 3 is 2.26 bits per heavy atom. The molecule has 5 atom stereocenters. The summed E-state index contributed by atoms with van der Waals surface area (Å²) in [6.07, 6.45) is -6.75. The van der Waals surface area contributed by atoms with Gasteiger partial charge >= 0.3 is 0 Å². The summed E-state index contributed by atoms with van der Waals surface area (Å²) in [6.45, 7) is 1.01. The fourth-order valence-electron chi connectivity index (χ4n) is 1.96. The lowest BCUT2D eigenvalue weighted by atomic mass is 10.0. The molecule has 0 radical (unpaired) electrons. The molecule has 0 bridgehead atoms. The van der Waals surface area contributed by atoms with Crippen molar-refractivity contribution in [3.05, 3.63) is 35.9 Å². The third-order valence-corrected chi connectivity index (χ3v) is 3.35. The Hall–Kier alpha value is -1.55. The monoisotopic (exact) mass is 328 g/mol. The number of aliphatic hydroxyl groups is 5. The second-order valence-electron chi connectivity index (χ2n) is 5.40. The van der Waals surface area contributed by atoms with Gasteiger partial charge in [0.25, 0.3) is 5.91 Å². The van der Waals surface area contributed by atoms with Crippen molar-refractivity contribution < 1.29 is 30.3 Å². The van der Waals surface area contributed by atoms with Gasteiger partial charge in [-0.15, -0.1) is 0 Å². The van der Waals surface area contributed by atoms with Crippen LogP contribution in [0.3, 0.4) is 0 Å². The number of hydrazine groups is 1. The van der Waals surface area contributed by atoms with Crippen LogP contribution in [-0.4, -0.2) is 68.5 Å². The van der Waals surface area contributed by atoms with Crippen molar-refractivity contribution in [3.63, 3.8) is 0 Å². The normalized spacial score (nSPS) is 17.8. The van der Waals surface area contributed by atoms with E-state index < -0.39 is 36.9 Å². The van der Waals surface area contributed by atoms with E-state index in [2.05, 4.69) is 10.9 Å².